The van der Waals surface area contributed by atoms with E-state index in [-0.39, 0.29) is 17.4 Å². The predicted octanol–water partition coefficient (Wildman–Crippen LogP) is 5.03. The van der Waals surface area contributed by atoms with Crippen LogP contribution in [0.4, 0.5) is 11.4 Å². The van der Waals surface area contributed by atoms with E-state index in [9.17, 15) is 13.2 Å². The van der Waals surface area contributed by atoms with Crippen molar-refractivity contribution in [3.63, 3.8) is 0 Å². The van der Waals surface area contributed by atoms with E-state index in [0.29, 0.717) is 17.1 Å². The molecule has 0 fully saturated rings. The molecule has 0 aliphatic carbocycles. The number of anilines is 2. The number of halogens is 2. The van der Waals surface area contributed by atoms with Crippen molar-refractivity contribution in [2.24, 2.45) is 0 Å². The maximum absolute atomic E-state index is 12.4. The van der Waals surface area contributed by atoms with Crippen LogP contribution in [0, 0.1) is 0 Å². The molecule has 150 valence electrons. The number of benzene rings is 3. The van der Waals surface area contributed by atoms with Gasteiger partial charge in [-0.25, -0.2) is 8.42 Å². The Morgan fingerprint density at radius 3 is 2.24 bits per heavy atom. The Kier molecular flexibility index (Phi) is 6.94. The van der Waals surface area contributed by atoms with E-state index in [4.69, 9.17) is 4.74 Å². The van der Waals surface area contributed by atoms with E-state index in [0.717, 1.165) is 8.95 Å². The molecule has 0 saturated carbocycles. The third kappa shape index (κ3) is 6.06. The van der Waals surface area contributed by atoms with Crippen molar-refractivity contribution in [3.05, 3.63) is 81.7 Å². The van der Waals surface area contributed by atoms with Gasteiger partial charge >= 0.3 is 0 Å². The standard InChI is InChI=1S/C20H16Br2N2O4S/c21-14-6-11-19(18(22)12-14)28-13-20(25)23-15-7-9-17(10-8-15)29(26,27)24-16-4-2-1-3-5-16/h1-12,24H,13H2,(H,23,25). The Hall–Kier alpha value is -2.36. The van der Waals surface area contributed by atoms with Gasteiger partial charge in [0.1, 0.15) is 5.75 Å². The highest BCUT2D eigenvalue weighted by molar-refractivity contribution is 9.11. The minimum absolute atomic E-state index is 0.0920. The van der Waals surface area contributed by atoms with E-state index in [1.54, 1.807) is 42.5 Å². The molecule has 29 heavy (non-hydrogen) atoms. The molecule has 6 nitrogen and oxygen atoms in total. The lowest BCUT2D eigenvalue weighted by atomic mass is 10.3. The molecule has 0 aliphatic rings. The quantitative estimate of drug-likeness (QED) is 0.441. The predicted molar refractivity (Wildman–Crippen MR) is 120 cm³/mol. The lowest BCUT2D eigenvalue weighted by molar-refractivity contribution is -0.118. The molecule has 0 radical (unpaired) electrons. The zero-order valence-corrected chi connectivity index (χ0v) is 18.9. The molecule has 3 rings (SSSR count). The minimum atomic E-state index is -3.71. The number of para-hydroxylation sites is 1. The maximum atomic E-state index is 12.4. The van der Waals surface area contributed by atoms with Crippen LogP contribution >= 0.6 is 31.9 Å². The topological polar surface area (TPSA) is 84.5 Å². The Morgan fingerprint density at radius 2 is 1.59 bits per heavy atom. The second-order valence-corrected chi connectivity index (χ2v) is 9.36. The van der Waals surface area contributed by atoms with Crippen LogP contribution in [0.15, 0.2) is 86.6 Å². The molecule has 0 bridgehead atoms. The van der Waals surface area contributed by atoms with E-state index < -0.39 is 10.0 Å². The van der Waals surface area contributed by atoms with E-state index >= 15 is 0 Å². The van der Waals surface area contributed by atoms with Gasteiger partial charge < -0.3 is 10.1 Å². The molecule has 3 aromatic carbocycles. The van der Waals surface area contributed by atoms with E-state index in [2.05, 4.69) is 41.9 Å². The summed E-state index contributed by atoms with van der Waals surface area (Å²) in [6.07, 6.45) is 0. The molecule has 3 aromatic rings. The molecule has 0 atom stereocenters. The van der Waals surface area contributed by atoms with Gasteiger partial charge in [-0.2, -0.15) is 0 Å². The van der Waals surface area contributed by atoms with Crippen LogP contribution < -0.4 is 14.8 Å². The van der Waals surface area contributed by atoms with Crippen LogP contribution in [-0.2, 0) is 14.8 Å². The Balaban J connectivity index is 1.59. The first-order valence-corrected chi connectivity index (χ1v) is 11.5. The molecule has 0 unspecified atom stereocenters. The van der Waals surface area contributed by atoms with Crippen LogP contribution in [0.2, 0.25) is 0 Å². The highest BCUT2D eigenvalue weighted by Gasteiger charge is 2.14. The summed E-state index contributed by atoms with van der Waals surface area (Å²) in [6.45, 7) is -0.185. The molecule has 0 saturated heterocycles. The summed E-state index contributed by atoms with van der Waals surface area (Å²) in [6, 6.07) is 19.9. The van der Waals surface area contributed by atoms with Gasteiger partial charge in [0.25, 0.3) is 15.9 Å². The number of amides is 1. The highest BCUT2D eigenvalue weighted by atomic mass is 79.9. The number of carbonyl (C=O) groups excluding carboxylic acids is 1. The molecule has 0 aliphatic heterocycles. The number of hydrogen-bond donors (Lipinski definition) is 2. The number of carbonyl (C=O) groups is 1. The van der Waals surface area contributed by atoms with Crippen LogP contribution in [0.25, 0.3) is 0 Å². The molecular formula is C20H16Br2N2O4S. The van der Waals surface area contributed by atoms with Gasteiger partial charge in [0.15, 0.2) is 6.61 Å². The molecule has 1 amide bonds. The summed E-state index contributed by atoms with van der Waals surface area (Å²) in [5.74, 6) is 0.176. The molecular weight excluding hydrogens is 524 g/mol. The van der Waals surface area contributed by atoms with Crippen molar-refractivity contribution in [3.8, 4) is 5.75 Å². The fourth-order valence-electron chi connectivity index (χ4n) is 2.37. The van der Waals surface area contributed by atoms with Gasteiger partial charge in [0.05, 0.1) is 9.37 Å². The van der Waals surface area contributed by atoms with E-state index in [1.807, 2.05) is 6.07 Å². The van der Waals surface area contributed by atoms with Crippen molar-refractivity contribution in [2.75, 3.05) is 16.6 Å². The lowest BCUT2D eigenvalue weighted by Gasteiger charge is -2.10. The van der Waals surface area contributed by atoms with Gasteiger partial charge in [-0.05, 0) is 70.5 Å². The number of nitrogens with one attached hydrogen (secondary N) is 2. The number of sulfonamides is 1. The largest absolute Gasteiger partial charge is 0.483 e. The average Bonchev–Trinajstić information content (AvgIpc) is 2.68. The van der Waals surface area contributed by atoms with Crippen LogP contribution in [0.3, 0.4) is 0 Å². The number of ether oxygens (including phenoxy) is 1. The lowest BCUT2D eigenvalue weighted by Crippen LogP contribution is -2.20. The number of hydrogen-bond acceptors (Lipinski definition) is 4. The van der Waals surface area contributed by atoms with Crippen molar-refractivity contribution < 1.29 is 17.9 Å². The zero-order valence-electron chi connectivity index (χ0n) is 14.9. The monoisotopic (exact) mass is 538 g/mol. The van der Waals surface area contributed by atoms with Gasteiger partial charge in [-0.3, -0.25) is 9.52 Å². The second kappa shape index (κ2) is 9.43. The fraction of sp³-hybridized carbons (Fsp3) is 0.0500. The molecule has 2 N–H and O–H groups in total. The van der Waals surface area contributed by atoms with Crippen molar-refractivity contribution in [2.45, 2.75) is 4.90 Å². The van der Waals surface area contributed by atoms with Gasteiger partial charge in [-0.15, -0.1) is 0 Å². The third-order valence-corrected chi connectivity index (χ3v) is 6.24. The molecule has 0 aromatic heterocycles. The first-order chi connectivity index (χ1) is 13.8. The second-order valence-electron chi connectivity index (χ2n) is 5.91. The number of rotatable bonds is 7. The summed E-state index contributed by atoms with van der Waals surface area (Å²) >= 11 is 6.71. The summed E-state index contributed by atoms with van der Waals surface area (Å²) in [7, 11) is -3.71. The summed E-state index contributed by atoms with van der Waals surface area (Å²) < 4.78 is 34.4. The van der Waals surface area contributed by atoms with Crippen molar-refractivity contribution >= 4 is 59.2 Å². The van der Waals surface area contributed by atoms with Crippen LogP contribution in [-0.4, -0.2) is 20.9 Å². The van der Waals surface area contributed by atoms with Crippen LogP contribution in [0.5, 0.6) is 5.75 Å². The highest BCUT2D eigenvalue weighted by Crippen LogP contribution is 2.28. The Bertz CT molecular complexity index is 1110. The first-order valence-electron chi connectivity index (χ1n) is 8.39. The zero-order chi connectivity index (χ0) is 20.9. The van der Waals surface area contributed by atoms with Crippen LogP contribution in [0.1, 0.15) is 0 Å². The third-order valence-electron chi connectivity index (χ3n) is 3.73. The van der Waals surface area contributed by atoms with Crippen molar-refractivity contribution in [1.29, 1.82) is 0 Å². The summed E-state index contributed by atoms with van der Waals surface area (Å²) in [5.41, 5.74) is 0.938. The summed E-state index contributed by atoms with van der Waals surface area (Å²) in [5, 5.41) is 2.67. The molecule has 9 heteroatoms. The van der Waals surface area contributed by atoms with Gasteiger partial charge in [0, 0.05) is 15.8 Å². The maximum Gasteiger partial charge on any atom is 0.262 e. The Labute approximate surface area is 185 Å². The SMILES string of the molecule is O=C(COc1ccc(Br)cc1Br)Nc1ccc(S(=O)(=O)Nc2ccccc2)cc1. The van der Waals surface area contributed by atoms with Gasteiger partial charge in [0.2, 0.25) is 0 Å². The minimum Gasteiger partial charge on any atom is -0.483 e. The normalized spacial score (nSPS) is 11.0. The summed E-state index contributed by atoms with van der Waals surface area (Å²) in [4.78, 5) is 12.2. The van der Waals surface area contributed by atoms with E-state index in [1.165, 1.54) is 24.3 Å². The first kappa shape index (κ1) is 21.4. The fourth-order valence-corrected chi connectivity index (χ4v) is 4.59. The molecule has 0 heterocycles. The smallest absolute Gasteiger partial charge is 0.262 e. The van der Waals surface area contributed by atoms with Gasteiger partial charge in [-0.1, -0.05) is 34.1 Å². The molecule has 0 spiro atoms. The Morgan fingerprint density at radius 1 is 0.897 bits per heavy atom. The van der Waals surface area contributed by atoms with Crippen molar-refractivity contribution in [1.82, 2.24) is 0 Å². The average molecular weight is 540 g/mol.